The molecule has 2 aliphatic rings. The lowest BCUT2D eigenvalue weighted by molar-refractivity contribution is -0.0167. The van der Waals surface area contributed by atoms with Crippen molar-refractivity contribution in [3.05, 3.63) is 46.4 Å². The van der Waals surface area contributed by atoms with E-state index in [-0.39, 0.29) is 28.3 Å². The first-order valence-corrected chi connectivity index (χ1v) is 10.2. The number of aromatic nitrogens is 3. The number of fused-ring (bicyclic) bond motifs is 2. The molecule has 1 aromatic carbocycles. The molecule has 0 radical (unpaired) electrons. The molecule has 0 spiro atoms. The van der Waals surface area contributed by atoms with Crippen molar-refractivity contribution in [1.82, 2.24) is 19.9 Å². The second-order valence-electron chi connectivity index (χ2n) is 7.84. The van der Waals surface area contributed by atoms with Gasteiger partial charge >= 0.3 is 0 Å². The lowest BCUT2D eigenvalue weighted by Gasteiger charge is -2.25. The first-order chi connectivity index (χ1) is 14.9. The number of nitrogens with zero attached hydrogens (tertiary/aromatic N) is 3. The number of hydrogen-bond donors (Lipinski definition) is 4. The Labute approximate surface area is 180 Å². The van der Waals surface area contributed by atoms with Gasteiger partial charge in [0.15, 0.2) is 5.82 Å². The predicted octanol–water partition coefficient (Wildman–Crippen LogP) is 1.70. The van der Waals surface area contributed by atoms with Gasteiger partial charge in [0, 0.05) is 30.8 Å². The number of benzene rings is 1. The number of aliphatic hydroxyl groups is 2. The Morgan fingerprint density at radius 3 is 2.84 bits per heavy atom. The Balaban J connectivity index is 1.48. The smallest absolute Gasteiger partial charge is 0.154 e. The summed E-state index contributed by atoms with van der Waals surface area (Å²) in [5, 5.41) is 24.5. The average molecular weight is 452 g/mol. The van der Waals surface area contributed by atoms with Gasteiger partial charge in [-0.3, -0.25) is 0 Å². The summed E-state index contributed by atoms with van der Waals surface area (Å²) in [7, 11) is 0. The van der Waals surface area contributed by atoms with Gasteiger partial charge in [-0.25, -0.2) is 18.7 Å². The molecule has 4 atom stereocenters. The van der Waals surface area contributed by atoms with Crippen LogP contribution in [0.15, 0.2) is 18.6 Å². The lowest BCUT2D eigenvalue weighted by Crippen LogP contribution is -2.35. The van der Waals surface area contributed by atoms with Crippen LogP contribution in [0.4, 0.5) is 14.6 Å². The van der Waals surface area contributed by atoms with Gasteiger partial charge in [-0.05, 0) is 18.5 Å². The third-order valence-corrected chi connectivity index (χ3v) is 6.35. The van der Waals surface area contributed by atoms with E-state index in [2.05, 4.69) is 15.3 Å². The van der Waals surface area contributed by atoms with Gasteiger partial charge in [0.25, 0.3) is 0 Å². The van der Waals surface area contributed by atoms with Crippen molar-refractivity contribution in [1.29, 1.82) is 0 Å². The molecule has 0 saturated heterocycles. The fraction of sp³-hybridized carbons (Fsp3) is 0.400. The molecule has 0 unspecified atom stereocenters. The number of nitrogens with two attached hydrogens (primary N) is 1. The second-order valence-corrected chi connectivity index (χ2v) is 8.24. The molecule has 3 heterocycles. The van der Waals surface area contributed by atoms with E-state index >= 15 is 0 Å². The Morgan fingerprint density at radius 1 is 1.23 bits per heavy atom. The summed E-state index contributed by atoms with van der Waals surface area (Å²) < 4.78 is 36.3. The number of nitrogen functional groups attached to an aromatic ring is 1. The summed E-state index contributed by atoms with van der Waals surface area (Å²) in [6.45, 7) is 1.02. The minimum absolute atomic E-state index is 0.0119. The molecule has 0 bridgehead atoms. The summed E-state index contributed by atoms with van der Waals surface area (Å²) in [5.41, 5.74) is 7.10. The zero-order valence-electron chi connectivity index (χ0n) is 16.2. The zero-order valence-corrected chi connectivity index (χ0v) is 17.0. The van der Waals surface area contributed by atoms with Gasteiger partial charge in [-0.1, -0.05) is 11.6 Å². The third kappa shape index (κ3) is 3.21. The molecule has 31 heavy (non-hydrogen) atoms. The van der Waals surface area contributed by atoms with Gasteiger partial charge < -0.3 is 30.6 Å². The van der Waals surface area contributed by atoms with E-state index in [1.54, 1.807) is 0 Å². The molecule has 1 aliphatic carbocycles. The number of ether oxygens (including phenoxy) is 1. The average Bonchev–Trinajstić information content (AvgIpc) is 3.24. The second kappa shape index (κ2) is 7.56. The first-order valence-electron chi connectivity index (χ1n) is 9.86. The number of anilines is 1. The van der Waals surface area contributed by atoms with E-state index in [4.69, 9.17) is 22.1 Å². The van der Waals surface area contributed by atoms with Gasteiger partial charge in [-0.2, -0.15) is 0 Å². The standard InChI is InChI=1S/C20H20ClF2N5O3/c21-10-3-13(9-5-25-2-1-8(9)16(10)23)31-14-4-12(17(29)18(14)30)28-6-11(22)15-19(24)26-7-27-20(15)28/h3,6-7,12,14,17-18,25,29-30H,1-2,4-5H2,(H2,24,26,27)/t12-,14+,17+,18-/m1/s1. The van der Waals surface area contributed by atoms with E-state index in [0.717, 1.165) is 0 Å². The number of hydrogen-bond acceptors (Lipinski definition) is 7. The Kier molecular flexibility index (Phi) is 4.97. The van der Waals surface area contributed by atoms with Crippen molar-refractivity contribution in [3.8, 4) is 5.75 Å². The van der Waals surface area contributed by atoms with Crippen molar-refractivity contribution < 1.29 is 23.7 Å². The highest BCUT2D eigenvalue weighted by Gasteiger charge is 2.45. The van der Waals surface area contributed by atoms with Crippen LogP contribution < -0.4 is 15.8 Å². The topological polar surface area (TPSA) is 118 Å². The van der Waals surface area contributed by atoms with Crippen LogP contribution in [0.2, 0.25) is 5.02 Å². The Hall–Kier alpha value is -2.53. The largest absolute Gasteiger partial charge is 0.487 e. The minimum Gasteiger partial charge on any atom is -0.487 e. The SMILES string of the molecule is Nc1ncnc2c1c(F)cn2[C@@H]1C[C@H](Oc2cc(Cl)c(F)c3c2CNCC3)[C@@H](O)[C@H]1O. The van der Waals surface area contributed by atoms with Crippen LogP contribution in [0.25, 0.3) is 11.0 Å². The van der Waals surface area contributed by atoms with Gasteiger partial charge in [-0.15, -0.1) is 0 Å². The molecular formula is C20H20ClF2N5O3. The Morgan fingerprint density at radius 2 is 2.03 bits per heavy atom. The van der Waals surface area contributed by atoms with Gasteiger partial charge in [0.05, 0.1) is 16.5 Å². The van der Waals surface area contributed by atoms with Crippen LogP contribution in [0.1, 0.15) is 23.6 Å². The molecule has 1 saturated carbocycles. The third-order valence-electron chi connectivity index (χ3n) is 6.07. The summed E-state index contributed by atoms with van der Waals surface area (Å²) in [6, 6.07) is 0.666. The number of halogens is 3. The zero-order chi connectivity index (χ0) is 21.9. The summed E-state index contributed by atoms with van der Waals surface area (Å²) in [5.74, 6) is -0.755. The fourth-order valence-corrected chi connectivity index (χ4v) is 4.73. The monoisotopic (exact) mass is 451 g/mol. The van der Waals surface area contributed by atoms with Gasteiger partial charge in [0.2, 0.25) is 0 Å². The molecule has 11 heteroatoms. The van der Waals surface area contributed by atoms with Crippen molar-refractivity contribution in [2.24, 2.45) is 0 Å². The molecule has 5 rings (SSSR count). The maximum Gasteiger partial charge on any atom is 0.154 e. The summed E-state index contributed by atoms with van der Waals surface area (Å²) in [4.78, 5) is 7.88. The van der Waals surface area contributed by atoms with Crippen LogP contribution >= 0.6 is 11.6 Å². The maximum absolute atomic E-state index is 14.4. The summed E-state index contributed by atoms with van der Waals surface area (Å²) >= 11 is 6.05. The normalized spacial score (nSPS) is 25.7. The van der Waals surface area contributed by atoms with E-state index in [1.807, 2.05) is 0 Å². The van der Waals surface area contributed by atoms with Crippen LogP contribution in [0.3, 0.4) is 0 Å². The Bertz CT molecular complexity index is 1170. The first kappa shape index (κ1) is 20.4. The molecular weight excluding hydrogens is 432 g/mol. The molecule has 3 aromatic rings. The van der Waals surface area contributed by atoms with E-state index in [0.29, 0.717) is 36.4 Å². The molecule has 0 amide bonds. The lowest BCUT2D eigenvalue weighted by atomic mass is 9.99. The molecule has 164 valence electrons. The van der Waals surface area contributed by atoms with Crippen molar-refractivity contribution >= 4 is 28.5 Å². The maximum atomic E-state index is 14.4. The van der Waals surface area contributed by atoms with Crippen molar-refractivity contribution in [2.75, 3.05) is 12.3 Å². The highest BCUT2D eigenvalue weighted by Crippen LogP contribution is 2.39. The van der Waals surface area contributed by atoms with Crippen molar-refractivity contribution in [3.63, 3.8) is 0 Å². The van der Waals surface area contributed by atoms with Crippen LogP contribution in [0.5, 0.6) is 5.75 Å². The van der Waals surface area contributed by atoms with Crippen LogP contribution in [-0.2, 0) is 13.0 Å². The molecule has 2 aromatic heterocycles. The quantitative estimate of drug-likeness (QED) is 0.478. The fourth-order valence-electron chi connectivity index (χ4n) is 4.52. The van der Waals surface area contributed by atoms with Crippen molar-refractivity contribution in [2.45, 2.75) is 43.7 Å². The van der Waals surface area contributed by atoms with E-state index in [9.17, 15) is 19.0 Å². The number of aliphatic hydroxyl groups excluding tert-OH is 2. The molecule has 1 fully saturated rings. The van der Waals surface area contributed by atoms with Crippen LogP contribution in [0, 0.1) is 11.6 Å². The number of rotatable bonds is 3. The number of nitrogens with one attached hydrogen (secondary N) is 1. The van der Waals surface area contributed by atoms with E-state index in [1.165, 1.54) is 23.2 Å². The minimum atomic E-state index is -1.26. The van der Waals surface area contributed by atoms with E-state index < -0.39 is 36.0 Å². The molecule has 1 aliphatic heterocycles. The highest BCUT2D eigenvalue weighted by molar-refractivity contribution is 6.31. The predicted molar refractivity (Wildman–Crippen MR) is 109 cm³/mol. The van der Waals surface area contributed by atoms with Crippen LogP contribution in [-0.4, -0.2) is 49.6 Å². The molecule has 5 N–H and O–H groups in total. The van der Waals surface area contributed by atoms with Gasteiger partial charge in [0.1, 0.15) is 47.7 Å². The summed E-state index contributed by atoms with van der Waals surface area (Å²) in [6.07, 6.45) is -0.328. The highest BCUT2D eigenvalue weighted by atomic mass is 35.5. The molecule has 8 nitrogen and oxygen atoms in total.